The van der Waals surface area contributed by atoms with E-state index in [4.69, 9.17) is 17.3 Å². The van der Waals surface area contributed by atoms with Gasteiger partial charge in [0.2, 0.25) is 0 Å². The normalized spacial score (nSPS) is 13.8. The van der Waals surface area contributed by atoms with Gasteiger partial charge in [0.15, 0.2) is 0 Å². The van der Waals surface area contributed by atoms with Crippen molar-refractivity contribution in [2.45, 2.75) is 13.1 Å². The van der Waals surface area contributed by atoms with E-state index in [1.165, 1.54) is 17.2 Å². The van der Waals surface area contributed by atoms with Crippen molar-refractivity contribution in [3.05, 3.63) is 58.4 Å². The second-order valence-corrected chi connectivity index (χ2v) is 4.89. The molecule has 0 saturated heterocycles. The van der Waals surface area contributed by atoms with Crippen molar-refractivity contribution in [2.24, 2.45) is 0 Å². The Labute approximate surface area is 110 Å². The van der Waals surface area contributed by atoms with Crippen LogP contribution in [0.5, 0.6) is 0 Å². The van der Waals surface area contributed by atoms with Crippen molar-refractivity contribution in [1.82, 2.24) is 0 Å². The first kappa shape index (κ1) is 11.4. The van der Waals surface area contributed by atoms with Crippen LogP contribution in [-0.4, -0.2) is 0 Å². The molecule has 1 aliphatic heterocycles. The van der Waals surface area contributed by atoms with Crippen LogP contribution in [-0.2, 0) is 13.1 Å². The average molecular weight is 263 g/mol. The number of nitrogens with two attached hydrogens (primary N) is 1. The zero-order valence-electron chi connectivity index (χ0n) is 9.66. The van der Waals surface area contributed by atoms with Crippen LogP contribution >= 0.6 is 11.6 Å². The number of hydrogen-bond acceptors (Lipinski definition) is 2. The SMILES string of the molecule is Nc1ccc2c(c1)CN(c1ccc(Cl)c(F)c1)C2. The van der Waals surface area contributed by atoms with Gasteiger partial charge >= 0.3 is 0 Å². The summed E-state index contributed by atoms with van der Waals surface area (Å²) in [6.07, 6.45) is 0. The van der Waals surface area contributed by atoms with E-state index in [1.807, 2.05) is 24.3 Å². The van der Waals surface area contributed by atoms with Gasteiger partial charge in [-0.3, -0.25) is 0 Å². The highest BCUT2D eigenvalue weighted by atomic mass is 35.5. The van der Waals surface area contributed by atoms with E-state index in [0.717, 1.165) is 24.5 Å². The lowest BCUT2D eigenvalue weighted by atomic mass is 10.1. The molecule has 2 aromatic carbocycles. The molecule has 0 spiro atoms. The van der Waals surface area contributed by atoms with Crippen LogP contribution in [0, 0.1) is 5.82 Å². The van der Waals surface area contributed by atoms with Crippen molar-refractivity contribution in [3.63, 3.8) is 0 Å². The largest absolute Gasteiger partial charge is 0.399 e. The fourth-order valence-electron chi connectivity index (χ4n) is 2.28. The first-order valence-electron chi connectivity index (χ1n) is 5.71. The van der Waals surface area contributed by atoms with Crippen LogP contribution in [0.4, 0.5) is 15.8 Å². The van der Waals surface area contributed by atoms with Gasteiger partial charge in [-0.1, -0.05) is 17.7 Å². The van der Waals surface area contributed by atoms with Gasteiger partial charge in [-0.15, -0.1) is 0 Å². The van der Waals surface area contributed by atoms with Crippen LogP contribution in [0.15, 0.2) is 36.4 Å². The van der Waals surface area contributed by atoms with Gasteiger partial charge in [0.25, 0.3) is 0 Å². The highest BCUT2D eigenvalue weighted by molar-refractivity contribution is 6.30. The Hall–Kier alpha value is -1.74. The second kappa shape index (κ2) is 4.18. The maximum atomic E-state index is 13.4. The number of rotatable bonds is 1. The van der Waals surface area contributed by atoms with Crippen molar-refractivity contribution in [1.29, 1.82) is 0 Å². The molecule has 0 aliphatic carbocycles. The summed E-state index contributed by atoms with van der Waals surface area (Å²) in [5, 5.41) is 0.153. The second-order valence-electron chi connectivity index (χ2n) is 4.48. The summed E-state index contributed by atoms with van der Waals surface area (Å²) in [5.41, 5.74) is 9.80. The number of halogens is 2. The molecule has 0 radical (unpaired) electrons. The third-order valence-electron chi connectivity index (χ3n) is 3.22. The van der Waals surface area contributed by atoms with E-state index in [2.05, 4.69) is 4.90 Å². The van der Waals surface area contributed by atoms with Crippen molar-refractivity contribution in [3.8, 4) is 0 Å². The molecule has 1 aliphatic rings. The molecule has 0 aromatic heterocycles. The minimum atomic E-state index is -0.385. The first-order chi connectivity index (χ1) is 8.63. The number of nitrogen functional groups attached to an aromatic ring is 1. The molecule has 1 heterocycles. The van der Waals surface area contributed by atoms with E-state index in [9.17, 15) is 4.39 Å². The molecular formula is C14H12ClFN2. The van der Waals surface area contributed by atoms with E-state index in [-0.39, 0.29) is 10.8 Å². The minimum Gasteiger partial charge on any atom is -0.399 e. The lowest BCUT2D eigenvalue weighted by molar-refractivity contribution is 0.627. The summed E-state index contributed by atoms with van der Waals surface area (Å²) in [6, 6.07) is 10.8. The fraction of sp³-hybridized carbons (Fsp3) is 0.143. The van der Waals surface area contributed by atoms with Crippen LogP contribution in [0.25, 0.3) is 0 Å². The molecular weight excluding hydrogens is 251 g/mol. The third-order valence-corrected chi connectivity index (χ3v) is 3.53. The molecule has 4 heteroatoms. The first-order valence-corrected chi connectivity index (χ1v) is 6.08. The molecule has 0 unspecified atom stereocenters. The molecule has 0 fully saturated rings. The number of fused-ring (bicyclic) bond motifs is 1. The standard InChI is InChI=1S/C14H12ClFN2/c15-13-4-3-12(6-14(13)16)18-7-9-1-2-11(17)5-10(9)8-18/h1-6H,7-8,17H2. The number of hydrogen-bond donors (Lipinski definition) is 1. The van der Waals surface area contributed by atoms with Gasteiger partial charge in [0.1, 0.15) is 5.82 Å². The highest BCUT2D eigenvalue weighted by Crippen LogP contribution is 2.31. The van der Waals surface area contributed by atoms with Crippen molar-refractivity contribution < 1.29 is 4.39 Å². The molecule has 18 heavy (non-hydrogen) atoms. The monoisotopic (exact) mass is 262 g/mol. The quantitative estimate of drug-likeness (QED) is 0.796. The topological polar surface area (TPSA) is 29.3 Å². The Morgan fingerprint density at radius 3 is 2.61 bits per heavy atom. The lowest BCUT2D eigenvalue weighted by Crippen LogP contribution is -2.14. The van der Waals surface area contributed by atoms with Gasteiger partial charge in [0, 0.05) is 24.5 Å². The molecule has 0 bridgehead atoms. The van der Waals surface area contributed by atoms with Crippen LogP contribution < -0.4 is 10.6 Å². The smallest absolute Gasteiger partial charge is 0.143 e. The maximum absolute atomic E-state index is 13.4. The summed E-state index contributed by atoms with van der Waals surface area (Å²) < 4.78 is 13.4. The van der Waals surface area contributed by atoms with E-state index >= 15 is 0 Å². The molecule has 2 aromatic rings. The summed E-state index contributed by atoms with van der Waals surface area (Å²) in [4.78, 5) is 2.10. The summed E-state index contributed by atoms with van der Waals surface area (Å²) >= 11 is 5.69. The van der Waals surface area contributed by atoms with Crippen molar-refractivity contribution >= 4 is 23.0 Å². The molecule has 92 valence electrons. The van der Waals surface area contributed by atoms with Gasteiger partial charge < -0.3 is 10.6 Å². The Morgan fingerprint density at radius 1 is 1.06 bits per heavy atom. The van der Waals surface area contributed by atoms with Crippen molar-refractivity contribution in [2.75, 3.05) is 10.6 Å². The lowest BCUT2D eigenvalue weighted by Gasteiger charge is -2.17. The van der Waals surface area contributed by atoms with Gasteiger partial charge in [0.05, 0.1) is 5.02 Å². The molecule has 2 N–H and O–H groups in total. The van der Waals surface area contributed by atoms with Crippen LogP contribution in [0.3, 0.4) is 0 Å². The van der Waals surface area contributed by atoms with Gasteiger partial charge in [-0.2, -0.15) is 0 Å². The molecule has 0 amide bonds. The summed E-state index contributed by atoms with van der Waals surface area (Å²) in [7, 11) is 0. The van der Waals surface area contributed by atoms with Crippen LogP contribution in [0.1, 0.15) is 11.1 Å². The Morgan fingerprint density at radius 2 is 1.83 bits per heavy atom. The minimum absolute atomic E-state index is 0.153. The number of anilines is 2. The summed E-state index contributed by atoms with van der Waals surface area (Å²) in [6.45, 7) is 1.53. The van der Waals surface area contributed by atoms with E-state index in [0.29, 0.717) is 0 Å². The van der Waals surface area contributed by atoms with E-state index < -0.39 is 0 Å². The number of benzene rings is 2. The average Bonchev–Trinajstić information content (AvgIpc) is 2.75. The summed E-state index contributed by atoms with van der Waals surface area (Å²) in [5.74, 6) is -0.385. The van der Waals surface area contributed by atoms with Crippen LogP contribution in [0.2, 0.25) is 5.02 Å². The fourth-order valence-corrected chi connectivity index (χ4v) is 2.40. The van der Waals surface area contributed by atoms with E-state index in [1.54, 1.807) is 6.07 Å². The van der Waals surface area contributed by atoms with Gasteiger partial charge in [-0.05, 0) is 41.5 Å². The Kier molecular flexibility index (Phi) is 2.63. The van der Waals surface area contributed by atoms with Gasteiger partial charge in [-0.25, -0.2) is 4.39 Å². The molecule has 3 rings (SSSR count). The maximum Gasteiger partial charge on any atom is 0.143 e. The molecule has 0 saturated carbocycles. The number of nitrogens with zero attached hydrogens (tertiary/aromatic N) is 1. The zero-order chi connectivity index (χ0) is 12.7. The Bertz CT molecular complexity index is 613. The highest BCUT2D eigenvalue weighted by Gasteiger charge is 2.19. The zero-order valence-corrected chi connectivity index (χ0v) is 10.4. The predicted molar refractivity (Wildman–Crippen MR) is 72.2 cm³/mol. The third kappa shape index (κ3) is 1.91. The predicted octanol–water partition coefficient (Wildman–Crippen LogP) is 3.58. The Balaban J connectivity index is 1.91. The molecule has 2 nitrogen and oxygen atoms in total. The molecule has 0 atom stereocenters.